The summed E-state index contributed by atoms with van der Waals surface area (Å²) in [6.07, 6.45) is -8.49. The average Bonchev–Trinajstić information content (AvgIpc) is 2.24. The number of halogens is 7. The van der Waals surface area contributed by atoms with Gasteiger partial charge < -0.3 is 4.74 Å². The predicted molar refractivity (Wildman–Crippen MR) is 61.5 cm³/mol. The van der Waals surface area contributed by atoms with Crippen molar-refractivity contribution in [1.29, 1.82) is 0 Å². The number of nitrogens with zero attached hydrogens (tertiary/aromatic N) is 1. The zero-order chi connectivity index (χ0) is 15.7. The lowest BCUT2D eigenvalue weighted by Gasteiger charge is -2.15. The summed E-state index contributed by atoms with van der Waals surface area (Å²) in [4.78, 5) is 3.06. The first kappa shape index (κ1) is 17.4. The highest BCUT2D eigenvalue weighted by atomic mass is 79.9. The van der Waals surface area contributed by atoms with Crippen LogP contribution in [0.1, 0.15) is 17.7 Å². The summed E-state index contributed by atoms with van der Waals surface area (Å²) in [6.45, 7) is 0. The van der Waals surface area contributed by atoms with Crippen LogP contribution in [-0.4, -0.2) is 19.8 Å². The number of pyridine rings is 1. The van der Waals surface area contributed by atoms with Gasteiger partial charge in [0.05, 0.1) is 0 Å². The fourth-order valence-electron chi connectivity index (χ4n) is 1.20. The molecule has 4 nitrogen and oxygen atoms in total. The van der Waals surface area contributed by atoms with Gasteiger partial charge in [-0.2, -0.15) is 0 Å². The topological polar surface area (TPSA) is 56.3 Å². The number of hydrogen-bond acceptors (Lipinski definition) is 4. The number of ether oxygens (including phenoxy) is 1. The van der Waals surface area contributed by atoms with Crippen LogP contribution in [0, 0.1) is 0 Å². The van der Waals surface area contributed by atoms with Crippen LogP contribution in [0.5, 0.6) is 5.75 Å². The molecule has 0 bridgehead atoms. The molecule has 0 saturated heterocycles. The first-order chi connectivity index (χ1) is 8.95. The minimum atomic E-state index is -5.19. The fourth-order valence-corrected chi connectivity index (χ4v) is 2.99. The van der Waals surface area contributed by atoms with E-state index < -0.39 is 49.2 Å². The minimum Gasteiger partial charge on any atom is -0.405 e. The molecular formula is C8H4BrClF5NO3S. The maximum Gasteiger partial charge on any atom is 0.573 e. The molecule has 0 aliphatic carbocycles. The van der Waals surface area contributed by atoms with Crippen molar-refractivity contribution in [1.82, 2.24) is 4.98 Å². The van der Waals surface area contributed by atoms with Crippen molar-refractivity contribution in [3.05, 3.63) is 17.3 Å². The van der Waals surface area contributed by atoms with Gasteiger partial charge >= 0.3 is 6.36 Å². The Bertz CT molecular complexity index is 607. The van der Waals surface area contributed by atoms with Crippen molar-refractivity contribution < 1.29 is 35.1 Å². The first-order valence-corrected chi connectivity index (χ1v) is 7.97. The van der Waals surface area contributed by atoms with Crippen molar-refractivity contribution in [2.24, 2.45) is 0 Å². The van der Waals surface area contributed by atoms with Crippen molar-refractivity contribution >= 4 is 35.7 Å². The lowest BCUT2D eigenvalue weighted by atomic mass is 10.2. The summed E-state index contributed by atoms with van der Waals surface area (Å²) in [6, 6.07) is 0.306. The van der Waals surface area contributed by atoms with Crippen LogP contribution in [0.3, 0.4) is 0 Å². The Morgan fingerprint density at radius 3 is 2.30 bits per heavy atom. The maximum atomic E-state index is 12.5. The quantitative estimate of drug-likeness (QED) is 0.436. The highest BCUT2D eigenvalue weighted by Crippen LogP contribution is 2.35. The normalized spacial score (nSPS) is 12.8. The van der Waals surface area contributed by atoms with Crippen LogP contribution in [0.25, 0.3) is 0 Å². The third-order valence-corrected chi connectivity index (χ3v) is 3.68. The van der Waals surface area contributed by atoms with Crippen LogP contribution < -0.4 is 4.74 Å². The van der Waals surface area contributed by atoms with Gasteiger partial charge in [-0.1, -0.05) is 15.9 Å². The van der Waals surface area contributed by atoms with E-state index in [-0.39, 0.29) is 0 Å². The van der Waals surface area contributed by atoms with Gasteiger partial charge in [0.2, 0.25) is 0 Å². The average molecular weight is 405 g/mol. The lowest BCUT2D eigenvalue weighted by Crippen LogP contribution is -2.19. The molecular weight excluding hydrogens is 401 g/mol. The molecule has 0 fully saturated rings. The second-order valence-corrected chi connectivity index (χ2v) is 6.29. The van der Waals surface area contributed by atoms with Gasteiger partial charge in [-0.3, -0.25) is 0 Å². The Labute approximate surface area is 122 Å². The van der Waals surface area contributed by atoms with Crippen LogP contribution in [0.2, 0.25) is 0 Å². The maximum absolute atomic E-state index is 12.5. The standard InChI is InChI=1S/C8H4BrClF5NO3S/c9-2-3-5(19-8(13,14)15)1-4(6(11)12)16-7(3)20(10,17)18/h1,6H,2H2. The van der Waals surface area contributed by atoms with Crippen LogP contribution in [0.15, 0.2) is 11.1 Å². The van der Waals surface area contributed by atoms with Crippen molar-refractivity contribution in [3.8, 4) is 5.75 Å². The van der Waals surface area contributed by atoms with Gasteiger partial charge in [-0.25, -0.2) is 22.2 Å². The molecule has 0 aliphatic rings. The molecule has 0 atom stereocenters. The SMILES string of the molecule is O=S(=O)(Cl)c1nc(C(F)F)cc(OC(F)(F)F)c1CBr. The predicted octanol–water partition coefficient (Wildman–Crippen LogP) is 3.74. The van der Waals surface area contributed by atoms with Crippen LogP contribution in [0.4, 0.5) is 22.0 Å². The van der Waals surface area contributed by atoms with Crippen LogP contribution >= 0.6 is 26.6 Å². The summed E-state index contributed by atoms with van der Waals surface area (Å²) in [7, 11) is 0.340. The second kappa shape index (κ2) is 5.98. The largest absolute Gasteiger partial charge is 0.573 e. The molecule has 12 heteroatoms. The number of alkyl halides is 6. The fraction of sp³-hybridized carbons (Fsp3) is 0.375. The Morgan fingerprint density at radius 1 is 1.40 bits per heavy atom. The molecule has 0 N–H and O–H groups in total. The van der Waals surface area contributed by atoms with Gasteiger partial charge in [0, 0.05) is 27.6 Å². The molecule has 0 unspecified atom stereocenters. The Kier molecular flexibility index (Phi) is 5.19. The molecule has 1 aromatic rings. The molecule has 20 heavy (non-hydrogen) atoms. The van der Waals surface area contributed by atoms with E-state index >= 15 is 0 Å². The number of aromatic nitrogens is 1. The Balaban J connectivity index is 3.60. The molecule has 0 amide bonds. The monoisotopic (exact) mass is 403 g/mol. The zero-order valence-corrected chi connectivity index (χ0v) is 12.2. The molecule has 0 aliphatic heterocycles. The Morgan fingerprint density at radius 2 is 1.95 bits per heavy atom. The summed E-state index contributed by atoms with van der Waals surface area (Å²) in [5.74, 6) is -1.11. The van der Waals surface area contributed by atoms with Crippen molar-refractivity contribution in [3.63, 3.8) is 0 Å². The van der Waals surface area contributed by atoms with Gasteiger partial charge in [-0.05, 0) is 0 Å². The number of rotatable bonds is 4. The van der Waals surface area contributed by atoms with E-state index in [1.54, 1.807) is 0 Å². The van der Waals surface area contributed by atoms with Gasteiger partial charge in [-0.15, -0.1) is 13.2 Å². The van der Waals surface area contributed by atoms with Crippen LogP contribution in [-0.2, 0) is 14.4 Å². The third-order valence-electron chi connectivity index (χ3n) is 1.88. The van der Waals surface area contributed by atoms with E-state index in [1.807, 2.05) is 0 Å². The third kappa shape index (κ3) is 4.42. The van der Waals surface area contributed by atoms with Gasteiger partial charge in [0.25, 0.3) is 15.5 Å². The number of hydrogen-bond donors (Lipinski definition) is 0. The summed E-state index contributed by atoms with van der Waals surface area (Å²) < 4.78 is 87.6. The molecule has 0 spiro atoms. The van der Waals surface area contributed by atoms with Gasteiger partial charge in [0.15, 0.2) is 5.03 Å². The molecule has 1 rings (SSSR count). The van der Waals surface area contributed by atoms with E-state index in [9.17, 15) is 30.4 Å². The van der Waals surface area contributed by atoms with E-state index in [2.05, 4.69) is 25.7 Å². The van der Waals surface area contributed by atoms with Crippen molar-refractivity contribution in [2.45, 2.75) is 23.1 Å². The molecule has 0 aromatic carbocycles. The van der Waals surface area contributed by atoms with Gasteiger partial charge in [0.1, 0.15) is 11.4 Å². The van der Waals surface area contributed by atoms with Crippen molar-refractivity contribution in [2.75, 3.05) is 0 Å². The first-order valence-electron chi connectivity index (χ1n) is 4.54. The molecule has 1 aromatic heterocycles. The van der Waals surface area contributed by atoms with E-state index in [0.29, 0.717) is 6.07 Å². The molecule has 114 valence electrons. The lowest BCUT2D eigenvalue weighted by molar-refractivity contribution is -0.275. The summed E-state index contributed by atoms with van der Waals surface area (Å²) >= 11 is 2.72. The highest BCUT2D eigenvalue weighted by Gasteiger charge is 2.35. The highest BCUT2D eigenvalue weighted by molar-refractivity contribution is 9.08. The summed E-state index contributed by atoms with van der Waals surface area (Å²) in [5.41, 5.74) is -1.81. The zero-order valence-electron chi connectivity index (χ0n) is 9.09. The van der Waals surface area contributed by atoms with E-state index in [4.69, 9.17) is 10.7 Å². The minimum absolute atomic E-state index is 0.306. The molecule has 1 heterocycles. The second-order valence-electron chi connectivity index (χ2n) is 3.25. The van der Waals surface area contributed by atoms with E-state index in [1.165, 1.54) is 0 Å². The smallest absolute Gasteiger partial charge is 0.405 e. The Hall–Kier alpha value is -0.680. The molecule has 0 saturated carbocycles. The van der Waals surface area contributed by atoms with E-state index in [0.717, 1.165) is 0 Å². The molecule has 0 radical (unpaired) electrons. The summed E-state index contributed by atoms with van der Waals surface area (Å²) in [5, 5.41) is -1.57.